The van der Waals surface area contributed by atoms with Gasteiger partial charge in [0.15, 0.2) is 5.58 Å². The lowest BCUT2D eigenvalue weighted by atomic mass is 10.2. The maximum absolute atomic E-state index is 12.5. The van der Waals surface area contributed by atoms with Crippen LogP contribution in [0.3, 0.4) is 0 Å². The van der Waals surface area contributed by atoms with Crippen molar-refractivity contribution >= 4 is 32.7 Å². The highest BCUT2D eigenvalue weighted by Crippen LogP contribution is 2.26. The smallest absolute Gasteiger partial charge is 0.408 e. The van der Waals surface area contributed by atoms with Crippen molar-refractivity contribution in [3.63, 3.8) is 0 Å². The maximum atomic E-state index is 12.5. The Morgan fingerprint density at radius 2 is 1.92 bits per heavy atom. The first kappa shape index (κ1) is 16.8. The van der Waals surface area contributed by atoms with Gasteiger partial charge in [-0.05, 0) is 18.1 Å². The van der Waals surface area contributed by atoms with Crippen molar-refractivity contribution in [1.82, 2.24) is 9.29 Å². The lowest BCUT2D eigenvalue weighted by molar-refractivity contribution is 0.527. The van der Waals surface area contributed by atoms with E-state index in [1.165, 1.54) is 23.7 Å². The number of halogens is 1. The van der Waals surface area contributed by atoms with Gasteiger partial charge in [-0.3, -0.25) is 4.57 Å². The summed E-state index contributed by atoms with van der Waals surface area (Å²) in [5.41, 5.74) is 1.64. The third-order valence-corrected chi connectivity index (χ3v) is 5.61. The molecule has 3 rings (SSSR count). The van der Waals surface area contributed by atoms with Crippen LogP contribution in [0.15, 0.2) is 56.6 Å². The van der Waals surface area contributed by atoms with Crippen LogP contribution in [-0.2, 0) is 23.5 Å². The first-order valence-electron chi connectivity index (χ1n) is 7.21. The van der Waals surface area contributed by atoms with Crippen LogP contribution < -0.4 is 10.5 Å². The summed E-state index contributed by atoms with van der Waals surface area (Å²) in [6, 6.07) is 12.2. The van der Waals surface area contributed by atoms with Gasteiger partial charge in [-0.1, -0.05) is 41.9 Å². The summed E-state index contributed by atoms with van der Waals surface area (Å²) >= 11 is 6.09. The quantitative estimate of drug-likeness (QED) is 0.751. The molecule has 0 spiro atoms. The number of aromatic nitrogens is 1. The van der Waals surface area contributed by atoms with Gasteiger partial charge in [0.25, 0.3) is 0 Å². The Kier molecular flexibility index (Phi) is 4.49. The molecule has 0 bridgehead atoms. The van der Waals surface area contributed by atoms with Gasteiger partial charge in [-0.15, -0.1) is 0 Å². The number of rotatable bonds is 5. The van der Waals surface area contributed by atoms with Crippen LogP contribution in [0.1, 0.15) is 5.56 Å². The number of oxazole rings is 1. The number of nitrogens with one attached hydrogen (secondary N) is 1. The number of hydrogen-bond donors (Lipinski definition) is 1. The summed E-state index contributed by atoms with van der Waals surface area (Å²) in [5, 5.41) is 0.0334. The van der Waals surface area contributed by atoms with Gasteiger partial charge in [-0.25, -0.2) is 17.9 Å². The molecule has 2 aromatic carbocycles. The minimum absolute atomic E-state index is 0.0334. The Labute approximate surface area is 143 Å². The largest absolute Gasteiger partial charge is 0.419 e. The molecule has 0 saturated carbocycles. The minimum atomic E-state index is -3.81. The van der Waals surface area contributed by atoms with Crippen molar-refractivity contribution in [3.8, 4) is 0 Å². The lowest BCUT2D eigenvalue weighted by Gasteiger charge is -2.08. The van der Waals surface area contributed by atoms with E-state index in [0.29, 0.717) is 11.9 Å². The van der Waals surface area contributed by atoms with Crippen LogP contribution in [0.2, 0.25) is 5.02 Å². The van der Waals surface area contributed by atoms with Gasteiger partial charge in [0.2, 0.25) is 10.0 Å². The SMILES string of the molecule is Cn1c(=O)oc2cc(S(=O)(=O)NCCc3ccccc3)c(Cl)cc21. The van der Waals surface area contributed by atoms with Gasteiger partial charge in [0, 0.05) is 19.7 Å². The fraction of sp³-hybridized carbons (Fsp3) is 0.188. The molecule has 0 unspecified atom stereocenters. The van der Waals surface area contributed by atoms with E-state index in [1.807, 2.05) is 30.3 Å². The minimum Gasteiger partial charge on any atom is -0.408 e. The molecule has 0 radical (unpaired) electrons. The molecular weight excluding hydrogens is 352 g/mol. The molecule has 0 aliphatic heterocycles. The highest BCUT2D eigenvalue weighted by atomic mass is 35.5. The highest BCUT2D eigenvalue weighted by molar-refractivity contribution is 7.89. The van der Waals surface area contributed by atoms with Crippen LogP contribution in [0.25, 0.3) is 11.1 Å². The van der Waals surface area contributed by atoms with E-state index in [2.05, 4.69) is 4.72 Å². The van der Waals surface area contributed by atoms with E-state index >= 15 is 0 Å². The average molecular weight is 367 g/mol. The predicted molar refractivity (Wildman–Crippen MR) is 91.8 cm³/mol. The van der Waals surface area contributed by atoms with Gasteiger partial charge >= 0.3 is 5.76 Å². The van der Waals surface area contributed by atoms with Crippen LogP contribution in [0, 0.1) is 0 Å². The average Bonchev–Trinajstić information content (AvgIpc) is 2.82. The summed E-state index contributed by atoms with van der Waals surface area (Å²) in [4.78, 5) is 11.4. The Morgan fingerprint density at radius 3 is 2.62 bits per heavy atom. The third kappa shape index (κ3) is 3.24. The summed E-state index contributed by atoms with van der Waals surface area (Å²) < 4.78 is 33.7. The second-order valence-corrected chi connectivity index (χ2v) is 7.45. The second-order valence-electron chi connectivity index (χ2n) is 5.31. The number of nitrogens with zero attached hydrogens (tertiary/aromatic N) is 1. The Morgan fingerprint density at radius 1 is 1.21 bits per heavy atom. The normalized spacial score (nSPS) is 11.9. The van der Waals surface area contributed by atoms with Crippen molar-refractivity contribution < 1.29 is 12.8 Å². The zero-order valence-electron chi connectivity index (χ0n) is 12.8. The topological polar surface area (TPSA) is 81.3 Å². The molecule has 0 atom stereocenters. The molecule has 6 nitrogen and oxygen atoms in total. The number of sulfonamides is 1. The Balaban J connectivity index is 1.85. The maximum Gasteiger partial charge on any atom is 0.419 e. The van der Waals surface area contributed by atoms with E-state index in [9.17, 15) is 13.2 Å². The molecule has 0 amide bonds. The van der Waals surface area contributed by atoms with Crippen LogP contribution in [0.5, 0.6) is 0 Å². The van der Waals surface area contributed by atoms with E-state index in [1.54, 1.807) is 0 Å². The lowest BCUT2D eigenvalue weighted by Crippen LogP contribution is -2.26. The van der Waals surface area contributed by atoms with E-state index in [-0.39, 0.29) is 22.0 Å². The van der Waals surface area contributed by atoms with E-state index in [4.69, 9.17) is 16.0 Å². The number of hydrogen-bond acceptors (Lipinski definition) is 4. The molecule has 8 heteroatoms. The third-order valence-electron chi connectivity index (χ3n) is 3.68. The van der Waals surface area contributed by atoms with Crippen LogP contribution in [-0.4, -0.2) is 19.5 Å². The van der Waals surface area contributed by atoms with Gasteiger partial charge in [-0.2, -0.15) is 0 Å². The number of fused-ring (bicyclic) bond motifs is 1. The van der Waals surface area contributed by atoms with Crippen molar-refractivity contribution in [3.05, 3.63) is 63.6 Å². The first-order chi connectivity index (χ1) is 11.4. The molecule has 0 fully saturated rings. The number of benzene rings is 2. The molecule has 24 heavy (non-hydrogen) atoms. The highest BCUT2D eigenvalue weighted by Gasteiger charge is 2.20. The van der Waals surface area contributed by atoms with Crippen molar-refractivity contribution in [2.45, 2.75) is 11.3 Å². The Bertz CT molecular complexity index is 1040. The fourth-order valence-electron chi connectivity index (χ4n) is 2.39. The first-order valence-corrected chi connectivity index (χ1v) is 9.07. The van der Waals surface area contributed by atoms with Crippen molar-refractivity contribution in [2.75, 3.05) is 6.54 Å². The van der Waals surface area contributed by atoms with Crippen LogP contribution >= 0.6 is 11.6 Å². The van der Waals surface area contributed by atoms with E-state index in [0.717, 1.165) is 5.56 Å². The van der Waals surface area contributed by atoms with Crippen LogP contribution in [0.4, 0.5) is 0 Å². The molecule has 0 aliphatic rings. The molecule has 0 aliphatic carbocycles. The van der Waals surface area contributed by atoms with Crippen molar-refractivity contribution in [1.29, 1.82) is 0 Å². The molecule has 0 saturated heterocycles. The van der Waals surface area contributed by atoms with E-state index < -0.39 is 15.8 Å². The summed E-state index contributed by atoms with van der Waals surface area (Å²) in [7, 11) is -2.28. The number of aryl methyl sites for hydroxylation is 1. The summed E-state index contributed by atoms with van der Waals surface area (Å²) in [5.74, 6) is -0.576. The molecule has 1 aromatic heterocycles. The second kappa shape index (κ2) is 6.43. The fourth-order valence-corrected chi connectivity index (χ4v) is 3.95. The monoisotopic (exact) mass is 366 g/mol. The van der Waals surface area contributed by atoms with Gasteiger partial charge < -0.3 is 4.42 Å². The molecule has 1 N–H and O–H groups in total. The molecular formula is C16H15ClN2O4S. The van der Waals surface area contributed by atoms with Crippen molar-refractivity contribution in [2.24, 2.45) is 7.05 Å². The molecule has 126 valence electrons. The molecule has 3 aromatic rings. The summed E-state index contributed by atoms with van der Waals surface area (Å²) in [6.45, 7) is 0.236. The zero-order chi connectivity index (χ0) is 17.3. The Hall–Kier alpha value is -2.09. The summed E-state index contributed by atoms with van der Waals surface area (Å²) in [6.07, 6.45) is 0.556. The zero-order valence-corrected chi connectivity index (χ0v) is 14.4. The van der Waals surface area contributed by atoms with Gasteiger partial charge in [0.1, 0.15) is 4.90 Å². The van der Waals surface area contributed by atoms with Gasteiger partial charge in [0.05, 0.1) is 10.5 Å². The molecule has 1 heterocycles. The standard InChI is InChI=1S/C16H15ClN2O4S/c1-19-13-9-12(17)15(10-14(13)23-16(19)20)24(21,22)18-8-7-11-5-3-2-4-6-11/h2-6,9-10,18H,7-8H2,1H3. The predicted octanol–water partition coefficient (Wildman–Crippen LogP) is 2.31.